The molecular weight excluding hydrogens is 384 g/mol. The average molecular weight is 410 g/mol. The number of hydrogen-bond donors (Lipinski definition) is 1. The third-order valence-electron chi connectivity index (χ3n) is 4.81. The molecule has 1 aliphatic rings. The highest BCUT2D eigenvalue weighted by molar-refractivity contribution is 5.76. The van der Waals surface area contributed by atoms with Crippen molar-refractivity contribution in [2.75, 3.05) is 26.9 Å². The third kappa shape index (κ3) is 5.35. The first kappa shape index (κ1) is 21.3. The molecule has 1 unspecified atom stereocenters. The van der Waals surface area contributed by atoms with Gasteiger partial charge in [0.1, 0.15) is 13.2 Å². The van der Waals surface area contributed by atoms with Crippen LogP contribution in [0.5, 0.6) is 23.0 Å². The van der Waals surface area contributed by atoms with Gasteiger partial charge in [0.2, 0.25) is 5.91 Å². The highest BCUT2D eigenvalue weighted by Crippen LogP contribution is 2.33. The summed E-state index contributed by atoms with van der Waals surface area (Å²) in [4.78, 5) is 12.4. The number of methoxy groups -OCH3 is 1. The second kappa shape index (κ2) is 10.4. The number of nitrogens with one attached hydrogen (secondary N) is 1. The second-order valence-electron chi connectivity index (χ2n) is 6.86. The highest BCUT2D eigenvalue weighted by atomic mass is 16.6. The lowest BCUT2D eigenvalue weighted by molar-refractivity contribution is -0.122. The van der Waals surface area contributed by atoms with Crippen molar-refractivity contribution in [1.29, 1.82) is 5.26 Å². The monoisotopic (exact) mass is 410 g/mol. The van der Waals surface area contributed by atoms with Crippen molar-refractivity contribution >= 4 is 5.91 Å². The predicted octanol–water partition coefficient (Wildman–Crippen LogP) is 3.76. The molecule has 3 rings (SSSR count). The molecule has 0 aliphatic carbocycles. The van der Waals surface area contributed by atoms with E-state index in [0.29, 0.717) is 49.7 Å². The maximum absolute atomic E-state index is 12.4. The Morgan fingerprint density at radius 2 is 1.97 bits per heavy atom. The largest absolute Gasteiger partial charge is 0.493 e. The van der Waals surface area contributed by atoms with Crippen LogP contribution < -0.4 is 24.3 Å². The van der Waals surface area contributed by atoms with Gasteiger partial charge in [0, 0.05) is 12.5 Å². The lowest BCUT2D eigenvalue weighted by atomic mass is 10.0. The van der Waals surface area contributed by atoms with E-state index in [9.17, 15) is 4.79 Å². The zero-order valence-corrected chi connectivity index (χ0v) is 17.3. The Labute approximate surface area is 176 Å². The molecule has 0 bridgehead atoms. The van der Waals surface area contributed by atoms with Crippen LogP contribution in [0.1, 0.15) is 43.4 Å². The third-order valence-corrected chi connectivity index (χ3v) is 4.81. The van der Waals surface area contributed by atoms with Crippen LogP contribution >= 0.6 is 0 Å². The van der Waals surface area contributed by atoms with Gasteiger partial charge in [-0.3, -0.25) is 4.79 Å². The minimum atomic E-state index is -0.0899. The van der Waals surface area contributed by atoms with E-state index in [1.165, 1.54) is 7.11 Å². The molecule has 1 aliphatic heterocycles. The number of fused-ring (bicyclic) bond motifs is 1. The maximum Gasteiger partial charge on any atom is 0.220 e. The number of carbonyl (C=O) groups is 1. The van der Waals surface area contributed by atoms with E-state index >= 15 is 0 Å². The summed E-state index contributed by atoms with van der Waals surface area (Å²) in [5.41, 5.74) is 1.50. The summed E-state index contributed by atoms with van der Waals surface area (Å²) in [6.07, 6.45) is 1.68. The minimum absolute atomic E-state index is 0.0351. The van der Waals surface area contributed by atoms with E-state index in [4.69, 9.17) is 24.2 Å². The first-order valence-electron chi connectivity index (χ1n) is 10.0. The number of nitrogens with zero attached hydrogens (tertiary/aromatic N) is 1. The quantitative estimate of drug-likeness (QED) is 0.633. The summed E-state index contributed by atoms with van der Waals surface area (Å²) in [6.45, 7) is 3.48. The Morgan fingerprint density at radius 1 is 1.17 bits per heavy atom. The molecular formula is C23H26N2O5. The van der Waals surface area contributed by atoms with Gasteiger partial charge in [-0.15, -0.1) is 0 Å². The Kier molecular flexibility index (Phi) is 7.39. The van der Waals surface area contributed by atoms with Crippen molar-refractivity contribution < 1.29 is 23.7 Å². The number of rotatable bonds is 9. The van der Waals surface area contributed by atoms with E-state index in [2.05, 4.69) is 11.4 Å². The molecule has 1 atom stereocenters. The average Bonchev–Trinajstić information content (AvgIpc) is 2.79. The van der Waals surface area contributed by atoms with E-state index in [1.54, 1.807) is 18.2 Å². The number of benzene rings is 2. The maximum atomic E-state index is 12.4. The van der Waals surface area contributed by atoms with Gasteiger partial charge in [0.15, 0.2) is 23.0 Å². The van der Waals surface area contributed by atoms with Crippen molar-refractivity contribution in [3.05, 3.63) is 47.5 Å². The Bertz CT molecular complexity index is 922. The zero-order valence-electron chi connectivity index (χ0n) is 17.3. The molecule has 0 fully saturated rings. The van der Waals surface area contributed by atoms with Gasteiger partial charge in [0.25, 0.3) is 0 Å². The van der Waals surface area contributed by atoms with Crippen LogP contribution in [0.2, 0.25) is 0 Å². The van der Waals surface area contributed by atoms with Crippen LogP contribution in [0.3, 0.4) is 0 Å². The topological polar surface area (TPSA) is 89.8 Å². The Hall–Kier alpha value is -3.40. The SMILES string of the molecule is CCC(NC(=O)CCCOc1ccc(C#N)cc1OC)c1ccc2c(c1)OCCO2. The molecule has 0 saturated carbocycles. The molecule has 1 heterocycles. The molecule has 1 N–H and O–H groups in total. The molecule has 1 amide bonds. The van der Waals surface area contributed by atoms with Crippen LogP contribution in [0.4, 0.5) is 0 Å². The number of nitriles is 1. The van der Waals surface area contributed by atoms with Crippen LogP contribution in [0.15, 0.2) is 36.4 Å². The smallest absolute Gasteiger partial charge is 0.220 e. The molecule has 0 saturated heterocycles. The van der Waals surface area contributed by atoms with Crippen molar-refractivity contribution in [3.8, 4) is 29.1 Å². The van der Waals surface area contributed by atoms with Crippen LogP contribution in [-0.4, -0.2) is 32.8 Å². The fourth-order valence-corrected chi connectivity index (χ4v) is 3.24. The first-order chi connectivity index (χ1) is 14.6. The molecule has 7 heteroatoms. The van der Waals surface area contributed by atoms with E-state index in [-0.39, 0.29) is 11.9 Å². The number of hydrogen-bond acceptors (Lipinski definition) is 6. The second-order valence-corrected chi connectivity index (χ2v) is 6.86. The standard InChI is InChI=1S/C23H26N2O5/c1-3-18(17-7-9-20-22(14-17)30-12-11-29-20)25-23(26)5-4-10-28-19-8-6-16(15-24)13-21(19)27-2/h6-9,13-14,18H,3-5,10-12H2,1-2H3,(H,25,26). The highest BCUT2D eigenvalue weighted by Gasteiger charge is 2.17. The van der Waals surface area contributed by atoms with Crippen LogP contribution in [0, 0.1) is 11.3 Å². The van der Waals surface area contributed by atoms with Gasteiger partial charge in [-0.25, -0.2) is 0 Å². The summed E-state index contributed by atoms with van der Waals surface area (Å²) in [5, 5.41) is 12.0. The summed E-state index contributed by atoms with van der Waals surface area (Å²) in [5.74, 6) is 2.48. The minimum Gasteiger partial charge on any atom is -0.493 e. The van der Waals surface area contributed by atoms with Gasteiger partial charge >= 0.3 is 0 Å². The lowest BCUT2D eigenvalue weighted by Gasteiger charge is -2.22. The number of ether oxygens (including phenoxy) is 4. The van der Waals surface area contributed by atoms with Crippen LogP contribution in [0.25, 0.3) is 0 Å². The molecule has 0 radical (unpaired) electrons. The van der Waals surface area contributed by atoms with Crippen LogP contribution in [-0.2, 0) is 4.79 Å². The van der Waals surface area contributed by atoms with Crippen molar-refractivity contribution in [2.45, 2.75) is 32.2 Å². The van der Waals surface area contributed by atoms with E-state index in [0.717, 1.165) is 23.5 Å². The van der Waals surface area contributed by atoms with Gasteiger partial charge in [0.05, 0.1) is 31.4 Å². The fourth-order valence-electron chi connectivity index (χ4n) is 3.24. The molecule has 0 aromatic heterocycles. The van der Waals surface area contributed by atoms with Gasteiger partial charge < -0.3 is 24.3 Å². The Balaban J connectivity index is 1.48. The zero-order chi connectivity index (χ0) is 21.3. The van der Waals surface area contributed by atoms with Crippen molar-refractivity contribution in [2.24, 2.45) is 0 Å². The number of amides is 1. The molecule has 7 nitrogen and oxygen atoms in total. The predicted molar refractivity (Wildman–Crippen MR) is 111 cm³/mol. The van der Waals surface area contributed by atoms with Gasteiger partial charge in [-0.05, 0) is 42.7 Å². The first-order valence-corrected chi connectivity index (χ1v) is 10.0. The normalized spacial score (nSPS) is 13.1. The summed E-state index contributed by atoms with van der Waals surface area (Å²) in [6, 6.07) is 12.7. The summed E-state index contributed by atoms with van der Waals surface area (Å²) < 4.78 is 22.1. The summed E-state index contributed by atoms with van der Waals surface area (Å²) in [7, 11) is 1.53. The molecule has 2 aromatic carbocycles. The molecule has 2 aromatic rings. The van der Waals surface area contributed by atoms with E-state index in [1.807, 2.05) is 25.1 Å². The summed E-state index contributed by atoms with van der Waals surface area (Å²) >= 11 is 0. The van der Waals surface area contributed by atoms with Crippen molar-refractivity contribution in [1.82, 2.24) is 5.32 Å². The number of carbonyl (C=O) groups excluding carboxylic acids is 1. The van der Waals surface area contributed by atoms with Crippen molar-refractivity contribution in [3.63, 3.8) is 0 Å². The molecule has 158 valence electrons. The Morgan fingerprint density at radius 3 is 2.70 bits per heavy atom. The van der Waals surface area contributed by atoms with E-state index < -0.39 is 0 Å². The van der Waals surface area contributed by atoms with Gasteiger partial charge in [-0.1, -0.05) is 13.0 Å². The molecule has 30 heavy (non-hydrogen) atoms. The van der Waals surface area contributed by atoms with Gasteiger partial charge in [-0.2, -0.15) is 5.26 Å². The molecule has 0 spiro atoms. The fraction of sp³-hybridized carbons (Fsp3) is 0.391. The lowest BCUT2D eigenvalue weighted by Crippen LogP contribution is -2.28.